The normalized spacial score (nSPS) is 15.7. The fourth-order valence-corrected chi connectivity index (χ4v) is 6.43. The summed E-state index contributed by atoms with van der Waals surface area (Å²) in [6.45, 7) is 6.54. The standard InChI is InChI=1S/C37H40N8O4/c1-24-2-4-27(5-3-24)31-22-44(19-25-8-12-48-13-9-25)23-32(35(31)46)37(47)41-34-7-6-33(42-43-34)30-16-28(17-39-36(30)38)29-18-40-45(21-29)20-26-10-14-49-15-11-26/h2-7,16-18,21-23,25-26H,8-15,19-20H2,1H3,(H2,38,39)(H,41,43,47). The van der Waals surface area contributed by atoms with E-state index in [4.69, 9.17) is 15.2 Å². The molecule has 6 heterocycles. The molecule has 0 spiro atoms. The number of pyridine rings is 2. The number of nitrogens with two attached hydrogens (primary N) is 1. The van der Waals surface area contributed by atoms with E-state index >= 15 is 0 Å². The summed E-state index contributed by atoms with van der Waals surface area (Å²) in [6, 6.07) is 13.0. The number of benzene rings is 1. The number of hydrogen-bond acceptors (Lipinski definition) is 9. The minimum absolute atomic E-state index is 0.0366. The number of carbonyl (C=O) groups is 1. The van der Waals surface area contributed by atoms with Crippen LogP contribution in [-0.2, 0) is 22.6 Å². The van der Waals surface area contributed by atoms with Crippen LogP contribution in [0.25, 0.3) is 33.5 Å². The number of amides is 1. The van der Waals surface area contributed by atoms with Gasteiger partial charge in [-0.3, -0.25) is 14.3 Å². The zero-order valence-electron chi connectivity index (χ0n) is 27.5. The molecule has 0 aliphatic carbocycles. The zero-order valence-corrected chi connectivity index (χ0v) is 27.5. The molecule has 12 heteroatoms. The van der Waals surface area contributed by atoms with Crippen LogP contribution in [0.1, 0.15) is 41.6 Å². The Morgan fingerprint density at radius 3 is 2.24 bits per heavy atom. The van der Waals surface area contributed by atoms with Gasteiger partial charge in [0.1, 0.15) is 11.4 Å². The lowest BCUT2D eigenvalue weighted by Crippen LogP contribution is -2.27. The molecule has 0 unspecified atom stereocenters. The van der Waals surface area contributed by atoms with Gasteiger partial charge in [-0.05, 0) is 68.2 Å². The molecule has 252 valence electrons. The summed E-state index contributed by atoms with van der Waals surface area (Å²) in [5.41, 5.74) is 11.2. The Kier molecular flexibility index (Phi) is 9.58. The average Bonchev–Trinajstić information content (AvgIpc) is 3.59. The van der Waals surface area contributed by atoms with Crippen LogP contribution in [0, 0.1) is 18.8 Å². The van der Waals surface area contributed by atoms with E-state index in [1.165, 1.54) is 0 Å². The predicted molar refractivity (Wildman–Crippen MR) is 187 cm³/mol. The second kappa shape index (κ2) is 14.5. The molecule has 2 fully saturated rings. The number of nitrogen functional groups attached to an aromatic ring is 1. The lowest BCUT2D eigenvalue weighted by molar-refractivity contribution is 0.0601. The van der Waals surface area contributed by atoms with Gasteiger partial charge in [-0.25, -0.2) is 4.98 Å². The molecule has 2 aliphatic rings. The van der Waals surface area contributed by atoms with Gasteiger partial charge in [0.25, 0.3) is 5.91 Å². The molecule has 2 aliphatic heterocycles. The first-order chi connectivity index (χ1) is 23.9. The number of nitrogens with zero attached hydrogens (tertiary/aromatic N) is 6. The van der Waals surface area contributed by atoms with Crippen molar-refractivity contribution in [3.05, 3.63) is 94.8 Å². The van der Waals surface area contributed by atoms with Gasteiger partial charge in [0.05, 0.1) is 11.9 Å². The van der Waals surface area contributed by atoms with E-state index in [1.54, 1.807) is 24.5 Å². The third-order valence-electron chi connectivity index (χ3n) is 9.35. The Morgan fingerprint density at radius 2 is 1.55 bits per heavy atom. The molecule has 5 aromatic rings. The topological polar surface area (TPSA) is 152 Å². The van der Waals surface area contributed by atoms with Crippen LogP contribution in [0.5, 0.6) is 0 Å². The maximum Gasteiger partial charge on any atom is 0.262 e. The Balaban J connectivity index is 1.10. The third-order valence-corrected chi connectivity index (χ3v) is 9.35. The molecule has 0 atom stereocenters. The molecule has 0 bridgehead atoms. The molecular weight excluding hydrogens is 620 g/mol. The van der Waals surface area contributed by atoms with Gasteiger partial charge >= 0.3 is 0 Å². The van der Waals surface area contributed by atoms with E-state index in [0.717, 1.165) is 67.7 Å². The highest BCUT2D eigenvalue weighted by Gasteiger charge is 2.21. The monoisotopic (exact) mass is 660 g/mol. The van der Waals surface area contributed by atoms with Crippen molar-refractivity contribution in [1.82, 2.24) is 29.5 Å². The number of rotatable bonds is 9. The van der Waals surface area contributed by atoms with Crippen LogP contribution in [0.15, 0.2) is 78.2 Å². The number of ether oxygens (including phenoxy) is 2. The number of anilines is 2. The van der Waals surface area contributed by atoms with Gasteiger partial charge in [-0.2, -0.15) is 5.10 Å². The van der Waals surface area contributed by atoms with Crippen molar-refractivity contribution in [3.63, 3.8) is 0 Å². The number of aryl methyl sites for hydroxylation is 1. The van der Waals surface area contributed by atoms with Gasteiger partial charge in [-0.15, -0.1) is 10.2 Å². The van der Waals surface area contributed by atoms with Gasteiger partial charge in [0.15, 0.2) is 5.82 Å². The van der Waals surface area contributed by atoms with E-state index in [-0.39, 0.29) is 16.8 Å². The highest BCUT2D eigenvalue weighted by Crippen LogP contribution is 2.29. The first kappa shape index (κ1) is 32.4. The summed E-state index contributed by atoms with van der Waals surface area (Å²) >= 11 is 0. The maximum atomic E-state index is 13.7. The molecule has 7 rings (SSSR count). The number of hydrogen-bond donors (Lipinski definition) is 2. The smallest absolute Gasteiger partial charge is 0.262 e. The van der Waals surface area contributed by atoms with Crippen LogP contribution in [0.2, 0.25) is 0 Å². The maximum absolute atomic E-state index is 13.7. The Bertz CT molecular complexity index is 1980. The van der Waals surface area contributed by atoms with Crippen LogP contribution in [0.4, 0.5) is 11.6 Å². The second-order valence-corrected chi connectivity index (χ2v) is 13.0. The van der Waals surface area contributed by atoms with Gasteiger partial charge in [0.2, 0.25) is 5.43 Å². The lowest BCUT2D eigenvalue weighted by Gasteiger charge is -2.23. The minimum Gasteiger partial charge on any atom is -0.383 e. The van der Waals surface area contributed by atoms with Crippen molar-refractivity contribution >= 4 is 17.5 Å². The van der Waals surface area contributed by atoms with Crippen molar-refractivity contribution in [2.45, 2.75) is 45.7 Å². The van der Waals surface area contributed by atoms with Crippen molar-refractivity contribution in [2.75, 3.05) is 37.5 Å². The van der Waals surface area contributed by atoms with Crippen LogP contribution in [0.3, 0.4) is 0 Å². The van der Waals surface area contributed by atoms with Crippen LogP contribution >= 0.6 is 0 Å². The van der Waals surface area contributed by atoms with Crippen molar-refractivity contribution in [3.8, 4) is 33.5 Å². The Labute approximate surface area is 284 Å². The summed E-state index contributed by atoms with van der Waals surface area (Å²) in [4.78, 5) is 31.7. The fraction of sp³-hybridized carbons (Fsp3) is 0.351. The molecule has 1 aromatic carbocycles. The summed E-state index contributed by atoms with van der Waals surface area (Å²) in [5.74, 6) is 0.906. The lowest BCUT2D eigenvalue weighted by atomic mass is 9.99. The number of carbonyl (C=O) groups excluding carboxylic acids is 1. The molecule has 0 saturated carbocycles. The van der Waals surface area contributed by atoms with Crippen LogP contribution in [-0.4, -0.2) is 61.9 Å². The largest absolute Gasteiger partial charge is 0.383 e. The van der Waals surface area contributed by atoms with Gasteiger partial charge < -0.3 is 25.1 Å². The predicted octanol–water partition coefficient (Wildman–Crippen LogP) is 5.23. The number of nitrogens with one attached hydrogen (secondary N) is 1. The molecule has 4 aromatic heterocycles. The first-order valence-electron chi connectivity index (χ1n) is 16.8. The first-order valence-corrected chi connectivity index (χ1v) is 16.8. The summed E-state index contributed by atoms with van der Waals surface area (Å²) in [7, 11) is 0. The van der Waals surface area contributed by atoms with Gasteiger partial charge in [-0.1, -0.05) is 29.8 Å². The molecule has 1 amide bonds. The molecule has 0 radical (unpaired) electrons. The third kappa shape index (κ3) is 7.60. The summed E-state index contributed by atoms with van der Waals surface area (Å²) in [6.07, 6.45) is 13.0. The second-order valence-electron chi connectivity index (χ2n) is 13.0. The van der Waals surface area contributed by atoms with E-state index in [2.05, 4.69) is 25.6 Å². The van der Waals surface area contributed by atoms with Crippen LogP contribution < -0.4 is 16.5 Å². The Morgan fingerprint density at radius 1 is 0.837 bits per heavy atom. The number of aromatic nitrogens is 6. The van der Waals surface area contributed by atoms with Crippen molar-refractivity contribution in [2.24, 2.45) is 11.8 Å². The van der Waals surface area contributed by atoms with E-state index in [9.17, 15) is 9.59 Å². The minimum atomic E-state index is -0.553. The summed E-state index contributed by atoms with van der Waals surface area (Å²) < 4.78 is 14.9. The fourth-order valence-electron chi connectivity index (χ4n) is 6.43. The van der Waals surface area contributed by atoms with Crippen molar-refractivity contribution < 1.29 is 14.3 Å². The average molecular weight is 661 g/mol. The van der Waals surface area contributed by atoms with E-state index in [0.29, 0.717) is 54.2 Å². The Hall–Kier alpha value is -5.20. The van der Waals surface area contributed by atoms with E-state index < -0.39 is 5.91 Å². The highest BCUT2D eigenvalue weighted by molar-refractivity contribution is 6.04. The quantitative estimate of drug-likeness (QED) is 0.217. The molecule has 49 heavy (non-hydrogen) atoms. The van der Waals surface area contributed by atoms with Gasteiger partial charge in [0, 0.05) is 86.6 Å². The SMILES string of the molecule is Cc1ccc(-c2cn(CC3CCOCC3)cc(C(=O)Nc3ccc(-c4cc(-c5cnn(CC6CCOCC6)c5)cnc4N)nn3)c2=O)cc1. The molecule has 3 N–H and O–H groups in total. The summed E-state index contributed by atoms with van der Waals surface area (Å²) in [5, 5.41) is 15.9. The molecule has 2 saturated heterocycles. The highest BCUT2D eigenvalue weighted by atomic mass is 16.5. The molecule has 12 nitrogen and oxygen atoms in total. The molecular formula is C37H40N8O4. The zero-order chi connectivity index (χ0) is 33.7. The van der Waals surface area contributed by atoms with E-state index in [1.807, 2.05) is 65.1 Å². The van der Waals surface area contributed by atoms with Crippen molar-refractivity contribution in [1.29, 1.82) is 0 Å².